The Labute approximate surface area is 151 Å². The number of fused-ring (bicyclic) bond motifs is 1. The summed E-state index contributed by atoms with van der Waals surface area (Å²) < 4.78 is 1.72. The summed E-state index contributed by atoms with van der Waals surface area (Å²) in [4.78, 5) is 16.7. The molecule has 26 heavy (non-hydrogen) atoms. The zero-order valence-corrected chi connectivity index (χ0v) is 14.8. The molecule has 3 heterocycles. The maximum absolute atomic E-state index is 12.5. The molecule has 7 heteroatoms. The van der Waals surface area contributed by atoms with Gasteiger partial charge in [-0.3, -0.25) is 9.78 Å². The number of aromatic nitrogens is 4. The number of nitrogens with zero attached hydrogens (tertiary/aromatic N) is 4. The molecule has 0 saturated carbocycles. The molecule has 0 radical (unpaired) electrons. The van der Waals surface area contributed by atoms with Crippen molar-refractivity contribution in [1.29, 1.82) is 0 Å². The number of carbonyl (C=O) groups excluding carboxylic acids is 1. The summed E-state index contributed by atoms with van der Waals surface area (Å²) in [5, 5.41) is 16.7. The van der Waals surface area contributed by atoms with Crippen LogP contribution in [-0.2, 0) is 0 Å². The van der Waals surface area contributed by atoms with Crippen LogP contribution in [0.3, 0.4) is 0 Å². The number of nitrogens with one attached hydrogen (secondary N) is 2. The Kier molecular flexibility index (Phi) is 4.62. The van der Waals surface area contributed by atoms with Gasteiger partial charge in [0.2, 0.25) is 0 Å². The van der Waals surface area contributed by atoms with Crippen molar-refractivity contribution in [2.75, 3.05) is 19.6 Å². The standard InChI is InChI=1S/C19H22N6O/c1-13-18(19(26)22-10-6-14-5-8-20-11-14)23-24-25(13)17-4-2-3-15-12-21-9-7-16(15)17/h2-4,7,9,12,14,20H,5-6,8,10-11H2,1H3,(H,22,26). The summed E-state index contributed by atoms with van der Waals surface area (Å²) in [6.45, 7) is 4.65. The summed E-state index contributed by atoms with van der Waals surface area (Å²) in [5.41, 5.74) is 2.00. The normalized spacial score (nSPS) is 16.9. The van der Waals surface area contributed by atoms with E-state index in [1.54, 1.807) is 10.9 Å². The predicted octanol–water partition coefficient (Wildman–Crippen LogP) is 1.85. The molecule has 1 unspecified atom stereocenters. The van der Waals surface area contributed by atoms with E-state index in [1.807, 2.05) is 37.4 Å². The van der Waals surface area contributed by atoms with Gasteiger partial charge in [0, 0.05) is 29.7 Å². The number of rotatable bonds is 5. The highest BCUT2D eigenvalue weighted by Gasteiger charge is 2.19. The van der Waals surface area contributed by atoms with E-state index in [0.29, 0.717) is 18.2 Å². The summed E-state index contributed by atoms with van der Waals surface area (Å²) in [6.07, 6.45) is 5.74. The topological polar surface area (TPSA) is 84.7 Å². The molecule has 1 aliphatic heterocycles. The highest BCUT2D eigenvalue weighted by Crippen LogP contribution is 2.22. The molecule has 134 valence electrons. The number of carbonyl (C=O) groups is 1. The predicted molar refractivity (Wildman–Crippen MR) is 99.3 cm³/mol. The fourth-order valence-corrected chi connectivity index (χ4v) is 3.49. The second-order valence-electron chi connectivity index (χ2n) is 6.71. The molecule has 3 aromatic rings. The first kappa shape index (κ1) is 16.7. The zero-order valence-electron chi connectivity index (χ0n) is 14.8. The average molecular weight is 350 g/mol. The van der Waals surface area contributed by atoms with E-state index in [-0.39, 0.29) is 5.91 Å². The van der Waals surface area contributed by atoms with Crippen LogP contribution in [0.25, 0.3) is 16.5 Å². The van der Waals surface area contributed by atoms with Gasteiger partial charge in [0.25, 0.3) is 5.91 Å². The lowest BCUT2D eigenvalue weighted by atomic mass is 10.1. The molecule has 1 amide bonds. The van der Waals surface area contributed by atoms with Crippen molar-refractivity contribution in [3.63, 3.8) is 0 Å². The van der Waals surface area contributed by atoms with Crippen LogP contribution >= 0.6 is 0 Å². The van der Waals surface area contributed by atoms with Gasteiger partial charge < -0.3 is 10.6 Å². The van der Waals surface area contributed by atoms with E-state index in [1.165, 1.54) is 6.42 Å². The van der Waals surface area contributed by atoms with Gasteiger partial charge in [-0.1, -0.05) is 17.3 Å². The number of benzene rings is 1. The molecule has 1 saturated heterocycles. The third kappa shape index (κ3) is 3.17. The molecule has 1 fully saturated rings. The lowest BCUT2D eigenvalue weighted by molar-refractivity contribution is 0.0946. The smallest absolute Gasteiger partial charge is 0.273 e. The van der Waals surface area contributed by atoms with E-state index in [0.717, 1.165) is 41.7 Å². The molecular weight excluding hydrogens is 328 g/mol. The van der Waals surface area contributed by atoms with Crippen LogP contribution in [0.4, 0.5) is 0 Å². The fourth-order valence-electron chi connectivity index (χ4n) is 3.49. The van der Waals surface area contributed by atoms with Gasteiger partial charge >= 0.3 is 0 Å². The Hall–Kier alpha value is -2.80. The van der Waals surface area contributed by atoms with E-state index in [2.05, 4.69) is 25.9 Å². The molecular formula is C19H22N6O. The van der Waals surface area contributed by atoms with Gasteiger partial charge in [-0.15, -0.1) is 5.10 Å². The average Bonchev–Trinajstić information content (AvgIpc) is 3.31. The number of pyridine rings is 1. The molecule has 1 aliphatic rings. The largest absolute Gasteiger partial charge is 0.351 e. The van der Waals surface area contributed by atoms with Crippen molar-refractivity contribution in [2.45, 2.75) is 19.8 Å². The Balaban J connectivity index is 1.53. The van der Waals surface area contributed by atoms with E-state index < -0.39 is 0 Å². The zero-order chi connectivity index (χ0) is 17.9. The Bertz CT molecular complexity index is 923. The molecule has 7 nitrogen and oxygen atoms in total. The second-order valence-corrected chi connectivity index (χ2v) is 6.71. The van der Waals surface area contributed by atoms with Crippen LogP contribution in [0.2, 0.25) is 0 Å². The fraction of sp³-hybridized carbons (Fsp3) is 0.368. The van der Waals surface area contributed by atoms with Crippen molar-refractivity contribution < 1.29 is 4.79 Å². The van der Waals surface area contributed by atoms with E-state index in [9.17, 15) is 4.79 Å². The summed E-state index contributed by atoms with van der Waals surface area (Å²) in [5.74, 6) is 0.484. The molecule has 2 aromatic heterocycles. The first-order chi connectivity index (χ1) is 12.7. The lowest BCUT2D eigenvalue weighted by Gasteiger charge is -2.09. The van der Waals surface area contributed by atoms with Gasteiger partial charge in [0.15, 0.2) is 5.69 Å². The van der Waals surface area contributed by atoms with Crippen molar-refractivity contribution in [2.24, 2.45) is 5.92 Å². The maximum Gasteiger partial charge on any atom is 0.273 e. The molecule has 0 spiro atoms. The summed E-state index contributed by atoms with van der Waals surface area (Å²) in [6, 6.07) is 7.87. The van der Waals surface area contributed by atoms with Crippen molar-refractivity contribution in [1.82, 2.24) is 30.6 Å². The highest BCUT2D eigenvalue weighted by molar-refractivity contribution is 5.94. The van der Waals surface area contributed by atoms with Crippen LogP contribution in [0.1, 0.15) is 29.0 Å². The van der Waals surface area contributed by atoms with Crippen LogP contribution < -0.4 is 10.6 Å². The van der Waals surface area contributed by atoms with Crippen LogP contribution in [-0.4, -0.2) is 45.5 Å². The van der Waals surface area contributed by atoms with E-state index >= 15 is 0 Å². The summed E-state index contributed by atoms with van der Waals surface area (Å²) in [7, 11) is 0. The quantitative estimate of drug-likeness (QED) is 0.734. The molecule has 0 aliphatic carbocycles. The number of amides is 1. The van der Waals surface area contributed by atoms with Gasteiger partial charge in [0.05, 0.1) is 11.4 Å². The van der Waals surface area contributed by atoms with Crippen LogP contribution in [0, 0.1) is 12.8 Å². The summed E-state index contributed by atoms with van der Waals surface area (Å²) >= 11 is 0. The first-order valence-electron chi connectivity index (χ1n) is 8.98. The van der Waals surface area contributed by atoms with Gasteiger partial charge in [-0.2, -0.15) is 0 Å². The van der Waals surface area contributed by atoms with Crippen LogP contribution in [0.15, 0.2) is 36.7 Å². The number of hydrogen-bond donors (Lipinski definition) is 2. The molecule has 4 rings (SSSR count). The number of hydrogen-bond acceptors (Lipinski definition) is 5. The Morgan fingerprint density at radius 2 is 2.31 bits per heavy atom. The highest BCUT2D eigenvalue weighted by atomic mass is 16.2. The lowest BCUT2D eigenvalue weighted by Crippen LogP contribution is -2.27. The van der Waals surface area contributed by atoms with Gasteiger partial charge in [-0.25, -0.2) is 4.68 Å². The first-order valence-corrected chi connectivity index (χ1v) is 8.98. The molecule has 1 aromatic carbocycles. The minimum absolute atomic E-state index is 0.165. The van der Waals surface area contributed by atoms with Crippen LogP contribution in [0.5, 0.6) is 0 Å². The molecule has 1 atom stereocenters. The maximum atomic E-state index is 12.5. The van der Waals surface area contributed by atoms with Crippen molar-refractivity contribution >= 4 is 16.7 Å². The third-order valence-corrected chi connectivity index (χ3v) is 5.00. The van der Waals surface area contributed by atoms with Gasteiger partial charge in [-0.05, 0) is 50.9 Å². The van der Waals surface area contributed by atoms with Crippen molar-refractivity contribution in [3.8, 4) is 5.69 Å². The molecule has 2 N–H and O–H groups in total. The monoisotopic (exact) mass is 350 g/mol. The van der Waals surface area contributed by atoms with E-state index in [4.69, 9.17) is 0 Å². The molecule has 0 bridgehead atoms. The van der Waals surface area contributed by atoms with Crippen molar-refractivity contribution in [3.05, 3.63) is 48.0 Å². The SMILES string of the molecule is Cc1c(C(=O)NCCC2CCNC2)nnn1-c1cccc2cnccc12. The Morgan fingerprint density at radius 3 is 3.15 bits per heavy atom. The third-order valence-electron chi connectivity index (χ3n) is 5.00. The Morgan fingerprint density at radius 1 is 1.38 bits per heavy atom. The minimum atomic E-state index is -0.165. The minimum Gasteiger partial charge on any atom is -0.351 e. The van der Waals surface area contributed by atoms with Gasteiger partial charge in [0.1, 0.15) is 0 Å². The second kappa shape index (κ2) is 7.21.